The lowest BCUT2D eigenvalue weighted by molar-refractivity contribution is 0.154. The number of hydrogen-bond acceptors (Lipinski definition) is 2. The SMILES string of the molecule is COC(C)/C=C\C(C)O. The van der Waals surface area contributed by atoms with Crippen LogP contribution in [0, 0.1) is 0 Å². The predicted molar refractivity (Wildman–Crippen MR) is 37.3 cm³/mol. The Labute approximate surface area is 56.1 Å². The minimum absolute atomic E-state index is 0.0969. The maximum Gasteiger partial charge on any atom is 0.0724 e. The molecule has 2 unspecified atom stereocenters. The summed E-state index contributed by atoms with van der Waals surface area (Å²) < 4.78 is 4.90. The van der Waals surface area contributed by atoms with E-state index in [1.54, 1.807) is 20.1 Å². The van der Waals surface area contributed by atoms with Crippen molar-refractivity contribution in [1.82, 2.24) is 0 Å². The van der Waals surface area contributed by atoms with Crippen molar-refractivity contribution in [3.05, 3.63) is 12.2 Å². The maximum absolute atomic E-state index is 8.75. The van der Waals surface area contributed by atoms with Gasteiger partial charge in [-0.25, -0.2) is 0 Å². The van der Waals surface area contributed by atoms with Crippen LogP contribution in [-0.4, -0.2) is 24.4 Å². The van der Waals surface area contributed by atoms with Crippen LogP contribution in [0.15, 0.2) is 12.2 Å². The van der Waals surface area contributed by atoms with E-state index in [2.05, 4.69) is 0 Å². The first-order valence-corrected chi connectivity index (χ1v) is 3.06. The summed E-state index contributed by atoms with van der Waals surface area (Å²) in [5.74, 6) is 0. The molecule has 0 aliphatic carbocycles. The maximum atomic E-state index is 8.75. The minimum atomic E-state index is -0.373. The zero-order valence-electron chi connectivity index (χ0n) is 6.16. The summed E-state index contributed by atoms with van der Waals surface area (Å²) >= 11 is 0. The topological polar surface area (TPSA) is 29.5 Å². The number of hydrogen-bond donors (Lipinski definition) is 1. The molecule has 0 amide bonds. The average Bonchev–Trinajstić information content (AvgIpc) is 1.83. The Hall–Kier alpha value is -0.340. The molecule has 2 heteroatoms. The van der Waals surface area contributed by atoms with Crippen molar-refractivity contribution in [3.63, 3.8) is 0 Å². The summed E-state index contributed by atoms with van der Waals surface area (Å²) in [6.45, 7) is 3.62. The van der Waals surface area contributed by atoms with E-state index in [9.17, 15) is 0 Å². The molecule has 0 bridgehead atoms. The molecule has 0 saturated carbocycles. The van der Waals surface area contributed by atoms with Crippen LogP contribution in [0.5, 0.6) is 0 Å². The fourth-order valence-electron chi connectivity index (χ4n) is 0.396. The summed E-state index contributed by atoms with van der Waals surface area (Å²) in [6, 6.07) is 0. The first-order valence-electron chi connectivity index (χ1n) is 3.06. The van der Waals surface area contributed by atoms with E-state index in [1.165, 1.54) is 0 Å². The second-order valence-electron chi connectivity index (χ2n) is 2.07. The van der Waals surface area contributed by atoms with Crippen molar-refractivity contribution in [2.75, 3.05) is 7.11 Å². The quantitative estimate of drug-likeness (QED) is 0.576. The minimum Gasteiger partial charge on any atom is -0.389 e. The van der Waals surface area contributed by atoms with E-state index in [1.807, 2.05) is 13.0 Å². The lowest BCUT2D eigenvalue weighted by Gasteiger charge is -2.01. The molecule has 0 aromatic carbocycles. The van der Waals surface area contributed by atoms with E-state index in [0.29, 0.717) is 0 Å². The molecule has 1 N–H and O–H groups in total. The van der Waals surface area contributed by atoms with Crippen molar-refractivity contribution >= 4 is 0 Å². The van der Waals surface area contributed by atoms with Crippen molar-refractivity contribution in [2.45, 2.75) is 26.1 Å². The summed E-state index contributed by atoms with van der Waals surface area (Å²) in [5, 5.41) is 8.75. The molecule has 0 aromatic rings. The molecule has 2 atom stereocenters. The number of rotatable bonds is 3. The van der Waals surface area contributed by atoms with Gasteiger partial charge in [0, 0.05) is 7.11 Å². The standard InChI is InChI=1S/C7H14O2/c1-6(8)4-5-7(2)9-3/h4-8H,1-3H3/b5-4-. The second kappa shape index (κ2) is 4.53. The Balaban J connectivity index is 3.43. The van der Waals surface area contributed by atoms with Crippen LogP contribution < -0.4 is 0 Å². The molecule has 0 spiro atoms. The van der Waals surface area contributed by atoms with Gasteiger partial charge in [0.25, 0.3) is 0 Å². The molecule has 0 radical (unpaired) electrons. The Morgan fingerprint density at radius 3 is 2.22 bits per heavy atom. The fraction of sp³-hybridized carbons (Fsp3) is 0.714. The molecule has 54 valence electrons. The fourth-order valence-corrected chi connectivity index (χ4v) is 0.396. The lowest BCUT2D eigenvalue weighted by atomic mass is 10.3. The van der Waals surface area contributed by atoms with Crippen LogP contribution >= 0.6 is 0 Å². The van der Waals surface area contributed by atoms with E-state index in [0.717, 1.165) is 0 Å². The molecule has 9 heavy (non-hydrogen) atoms. The van der Waals surface area contributed by atoms with Gasteiger partial charge in [-0.15, -0.1) is 0 Å². The molecular formula is C7H14O2. The van der Waals surface area contributed by atoms with Crippen LogP contribution in [0.1, 0.15) is 13.8 Å². The molecule has 0 rings (SSSR count). The highest BCUT2D eigenvalue weighted by Crippen LogP contribution is 1.91. The van der Waals surface area contributed by atoms with Crippen molar-refractivity contribution < 1.29 is 9.84 Å². The van der Waals surface area contributed by atoms with Gasteiger partial charge in [-0.3, -0.25) is 0 Å². The van der Waals surface area contributed by atoms with Gasteiger partial charge in [-0.2, -0.15) is 0 Å². The highest BCUT2D eigenvalue weighted by atomic mass is 16.5. The number of aliphatic hydroxyl groups is 1. The van der Waals surface area contributed by atoms with Crippen LogP contribution in [0.25, 0.3) is 0 Å². The molecule has 0 saturated heterocycles. The normalized spacial score (nSPS) is 18.2. The van der Waals surface area contributed by atoms with E-state index >= 15 is 0 Å². The third kappa shape index (κ3) is 5.53. The zero-order chi connectivity index (χ0) is 7.28. The smallest absolute Gasteiger partial charge is 0.0724 e. The Bertz CT molecular complexity index is 86.9. The molecule has 0 fully saturated rings. The molecule has 0 aliphatic rings. The molecule has 0 aliphatic heterocycles. The monoisotopic (exact) mass is 130 g/mol. The van der Waals surface area contributed by atoms with E-state index < -0.39 is 0 Å². The lowest BCUT2D eigenvalue weighted by Crippen LogP contribution is -2.01. The third-order valence-corrected chi connectivity index (χ3v) is 1.03. The van der Waals surface area contributed by atoms with Crippen LogP contribution in [0.3, 0.4) is 0 Å². The summed E-state index contributed by atoms with van der Waals surface area (Å²) in [6.07, 6.45) is 3.25. The highest BCUT2D eigenvalue weighted by Gasteiger charge is 1.91. The number of aliphatic hydroxyl groups excluding tert-OH is 1. The Morgan fingerprint density at radius 2 is 1.89 bits per heavy atom. The number of ether oxygens (including phenoxy) is 1. The van der Waals surface area contributed by atoms with Crippen LogP contribution in [0.4, 0.5) is 0 Å². The summed E-state index contributed by atoms with van der Waals surface area (Å²) in [4.78, 5) is 0. The summed E-state index contributed by atoms with van der Waals surface area (Å²) in [5.41, 5.74) is 0. The molecule has 2 nitrogen and oxygen atoms in total. The van der Waals surface area contributed by atoms with Crippen molar-refractivity contribution in [1.29, 1.82) is 0 Å². The van der Waals surface area contributed by atoms with Gasteiger partial charge in [0.1, 0.15) is 0 Å². The first-order chi connectivity index (χ1) is 4.16. The molecule has 0 heterocycles. The van der Waals surface area contributed by atoms with Gasteiger partial charge in [0.05, 0.1) is 12.2 Å². The largest absolute Gasteiger partial charge is 0.389 e. The van der Waals surface area contributed by atoms with Gasteiger partial charge < -0.3 is 9.84 Å². The van der Waals surface area contributed by atoms with Gasteiger partial charge in [-0.05, 0) is 13.8 Å². The van der Waals surface area contributed by atoms with Gasteiger partial charge in [-0.1, -0.05) is 12.2 Å². The van der Waals surface area contributed by atoms with Crippen molar-refractivity contribution in [2.24, 2.45) is 0 Å². The predicted octanol–water partition coefficient (Wildman–Crippen LogP) is 0.958. The number of methoxy groups -OCH3 is 1. The van der Waals surface area contributed by atoms with Crippen molar-refractivity contribution in [3.8, 4) is 0 Å². The Kier molecular flexibility index (Phi) is 4.36. The third-order valence-electron chi connectivity index (χ3n) is 1.03. The van der Waals surface area contributed by atoms with E-state index in [-0.39, 0.29) is 12.2 Å². The second-order valence-corrected chi connectivity index (χ2v) is 2.07. The molecule has 0 aromatic heterocycles. The Morgan fingerprint density at radius 1 is 1.33 bits per heavy atom. The van der Waals surface area contributed by atoms with Crippen LogP contribution in [0.2, 0.25) is 0 Å². The zero-order valence-corrected chi connectivity index (χ0v) is 6.16. The molecular weight excluding hydrogens is 116 g/mol. The highest BCUT2D eigenvalue weighted by molar-refractivity contribution is 4.90. The van der Waals surface area contributed by atoms with Gasteiger partial charge >= 0.3 is 0 Å². The van der Waals surface area contributed by atoms with Gasteiger partial charge in [0.15, 0.2) is 0 Å². The van der Waals surface area contributed by atoms with Crippen LogP contribution in [-0.2, 0) is 4.74 Å². The van der Waals surface area contributed by atoms with E-state index in [4.69, 9.17) is 9.84 Å². The van der Waals surface area contributed by atoms with Gasteiger partial charge in [0.2, 0.25) is 0 Å². The first kappa shape index (κ1) is 8.66. The summed E-state index contributed by atoms with van der Waals surface area (Å²) in [7, 11) is 1.64. The average molecular weight is 130 g/mol.